The van der Waals surface area contributed by atoms with Crippen LogP contribution in [0.5, 0.6) is 0 Å². The van der Waals surface area contributed by atoms with Crippen molar-refractivity contribution in [3.8, 4) is 0 Å². The Balaban J connectivity index is 1.98. The molecule has 0 aromatic heterocycles. The average molecular weight is 487 g/mol. The monoisotopic (exact) mass is 486 g/mol. The van der Waals surface area contributed by atoms with Crippen molar-refractivity contribution in [1.82, 2.24) is 0 Å². The molecule has 0 fully saturated rings. The molecule has 0 saturated heterocycles. The van der Waals surface area contributed by atoms with E-state index in [0.717, 1.165) is 15.6 Å². The van der Waals surface area contributed by atoms with Crippen LogP contribution in [-0.4, -0.2) is 20.9 Å². The highest BCUT2D eigenvalue weighted by Crippen LogP contribution is 2.28. The molecule has 5 nitrogen and oxygen atoms in total. The van der Waals surface area contributed by atoms with Crippen LogP contribution in [0.15, 0.2) is 82.2 Å². The molecule has 0 aliphatic carbocycles. The second-order valence-corrected chi connectivity index (χ2v) is 9.64. The number of carbonyl (C=O) groups is 1. The first-order valence-electron chi connectivity index (χ1n) is 9.54. The number of amides is 1. The maximum atomic E-state index is 13.5. The van der Waals surface area contributed by atoms with E-state index in [4.69, 9.17) is 0 Å². The highest BCUT2D eigenvalue weighted by molar-refractivity contribution is 9.10. The minimum Gasteiger partial charge on any atom is -0.325 e. The van der Waals surface area contributed by atoms with E-state index in [1.54, 1.807) is 48.5 Å². The van der Waals surface area contributed by atoms with E-state index in [-0.39, 0.29) is 11.4 Å². The summed E-state index contributed by atoms with van der Waals surface area (Å²) in [6.07, 6.45) is 0.643. The maximum Gasteiger partial charge on any atom is 0.264 e. The molecule has 0 spiro atoms. The third-order valence-corrected chi connectivity index (χ3v) is 6.97. The van der Waals surface area contributed by atoms with Crippen LogP contribution in [0.3, 0.4) is 0 Å². The van der Waals surface area contributed by atoms with Gasteiger partial charge in [0.2, 0.25) is 5.91 Å². The van der Waals surface area contributed by atoms with Gasteiger partial charge in [-0.3, -0.25) is 9.10 Å². The SMILES string of the molecule is CCc1ccccc1N(CC(=O)Nc1ccc(Br)cc1)S(=O)(=O)c1ccc(C)cc1. The minimum atomic E-state index is -3.93. The van der Waals surface area contributed by atoms with Crippen LogP contribution in [0.1, 0.15) is 18.1 Å². The van der Waals surface area contributed by atoms with Crippen molar-refractivity contribution in [2.75, 3.05) is 16.2 Å². The third-order valence-electron chi connectivity index (χ3n) is 4.67. The summed E-state index contributed by atoms with van der Waals surface area (Å²) in [4.78, 5) is 12.9. The number of benzene rings is 3. The van der Waals surface area contributed by atoms with E-state index >= 15 is 0 Å². The first-order valence-corrected chi connectivity index (χ1v) is 11.8. The summed E-state index contributed by atoms with van der Waals surface area (Å²) >= 11 is 3.36. The number of halogens is 1. The van der Waals surface area contributed by atoms with Crippen molar-refractivity contribution in [2.45, 2.75) is 25.2 Å². The van der Waals surface area contributed by atoms with Gasteiger partial charge in [-0.25, -0.2) is 8.42 Å². The largest absolute Gasteiger partial charge is 0.325 e. The second-order valence-electron chi connectivity index (χ2n) is 6.86. The van der Waals surface area contributed by atoms with E-state index in [1.165, 1.54) is 4.31 Å². The summed E-state index contributed by atoms with van der Waals surface area (Å²) in [6.45, 7) is 3.52. The van der Waals surface area contributed by atoms with Crippen molar-refractivity contribution < 1.29 is 13.2 Å². The second kappa shape index (κ2) is 9.45. The van der Waals surface area contributed by atoms with Crippen LogP contribution in [0, 0.1) is 6.92 Å². The zero-order valence-corrected chi connectivity index (χ0v) is 19.2. The molecule has 3 rings (SSSR count). The van der Waals surface area contributed by atoms with Crippen molar-refractivity contribution in [2.24, 2.45) is 0 Å². The van der Waals surface area contributed by atoms with Gasteiger partial charge < -0.3 is 5.32 Å². The Morgan fingerprint density at radius 3 is 2.23 bits per heavy atom. The molecule has 0 aliphatic rings. The molecule has 0 radical (unpaired) electrons. The highest BCUT2D eigenvalue weighted by atomic mass is 79.9. The van der Waals surface area contributed by atoms with E-state index in [9.17, 15) is 13.2 Å². The van der Waals surface area contributed by atoms with Gasteiger partial charge in [-0.2, -0.15) is 0 Å². The van der Waals surface area contributed by atoms with Gasteiger partial charge in [0.1, 0.15) is 6.54 Å². The van der Waals surface area contributed by atoms with Crippen LogP contribution < -0.4 is 9.62 Å². The quantitative estimate of drug-likeness (QED) is 0.501. The zero-order chi connectivity index (χ0) is 21.7. The number of para-hydroxylation sites is 1. The van der Waals surface area contributed by atoms with Crippen LogP contribution in [0.25, 0.3) is 0 Å². The number of nitrogens with one attached hydrogen (secondary N) is 1. The Morgan fingerprint density at radius 2 is 1.60 bits per heavy atom. The van der Waals surface area contributed by atoms with Gasteiger partial charge in [-0.05, 0) is 61.4 Å². The third kappa shape index (κ3) is 5.09. The lowest BCUT2D eigenvalue weighted by molar-refractivity contribution is -0.114. The van der Waals surface area contributed by atoms with Crippen molar-refractivity contribution in [1.29, 1.82) is 0 Å². The Hall–Kier alpha value is -2.64. The minimum absolute atomic E-state index is 0.149. The van der Waals surface area contributed by atoms with E-state index in [2.05, 4.69) is 21.2 Å². The Bertz CT molecular complexity index is 1130. The molecule has 7 heteroatoms. The molecule has 0 unspecified atom stereocenters. The summed E-state index contributed by atoms with van der Waals surface area (Å²) in [5.41, 5.74) is 2.92. The number of aryl methyl sites for hydroxylation is 2. The fourth-order valence-electron chi connectivity index (χ4n) is 3.05. The van der Waals surface area contributed by atoms with Gasteiger partial charge in [-0.15, -0.1) is 0 Å². The summed E-state index contributed by atoms with van der Waals surface area (Å²) in [6, 6.07) is 21.0. The maximum absolute atomic E-state index is 13.5. The Labute approximate surface area is 185 Å². The lowest BCUT2D eigenvalue weighted by Gasteiger charge is -2.26. The number of anilines is 2. The predicted octanol–water partition coefficient (Wildman–Crippen LogP) is 5.15. The van der Waals surface area contributed by atoms with Gasteiger partial charge in [-0.1, -0.05) is 58.7 Å². The van der Waals surface area contributed by atoms with E-state index in [0.29, 0.717) is 17.8 Å². The Morgan fingerprint density at radius 1 is 0.967 bits per heavy atom. The summed E-state index contributed by atoms with van der Waals surface area (Å²) in [7, 11) is -3.93. The summed E-state index contributed by atoms with van der Waals surface area (Å²) < 4.78 is 29.0. The van der Waals surface area contributed by atoms with Gasteiger partial charge >= 0.3 is 0 Å². The molecule has 3 aromatic carbocycles. The molecule has 1 amide bonds. The first kappa shape index (κ1) is 22.1. The number of nitrogens with zero attached hydrogens (tertiary/aromatic N) is 1. The lowest BCUT2D eigenvalue weighted by atomic mass is 10.1. The number of hydrogen-bond donors (Lipinski definition) is 1. The number of carbonyl (C=O) groups excluding carboxylic acids is 1. The molecule has 0 saturated carbocycles. The zero-order valence-electron chi connectivity index (χ0n) is 16.8. The topological polar surface area (TPSA) is 66.5 Å². The molecule has 30 heavy (non-hydrogen) atoms. The van der Waals surface area contributed by atoms with Crippen LogP contribution in [-0.2, 0) is 21.2 Å². The normalized spacial score (nSPS) is 11.2. The molecule has 0 aliphatic heterocycles. The summed E-state index contributed by atoms with van der Waals surface area (Å²) in [5.74, 6) is -0.418. The molecule has 1 N–H and O–H groups in total. The molecule has 3 aromatic rings. The molecule has 0 atom stereocenters. The lowest BCUT2D eigenvalue weighted by Crippen LogP contribution is -2.38. The molecule has 156 valence electrons. The molecular weight excluding hydrogens is 464 g/mol. The average Bonchev–Trinajstić information content (AvgIpc) is 2.74. The number of rotatable bonds is 7. The first-order chi connectivity index (χ1) is 14.3. The van der Waals surface area contributed by atoms with Gasteiger partial charge in [0.25, 0.3) is 10.0 Å². The van der Waals surface area contributed by atoms with Gasteiger partial charge in [0.15, 0.2) is 0 Å². The molecular formula is C23H23BrN2O3S. The molecule has 0 heterocycles. The van der Waals surface area contributed by atoms with Crippen molar-refractivity contribution in [3.63, 3.8) is 0 Å². The Kier molecular flexibility index (Phi) is 6.95. The van der Waals surface area contributed by atoms with Crippen molar-refractivity contribution >= 4 is 43.2 Å². The smallest absolute Gasteiger partial charge is 0.264 e. The van der Waals surface area contributed by atoms with E-state index in [1.807, 2.05) is 38.1 Å². The van der Waals surface area contributed by atoms with Gasteiger partial charge in [0.05, 0.1) is 10.6 Å². The van der Waals surface area contributed by atoms with Crippen LogP contribution in [0.2, 0.25) is 0 Å². The van der Waals surface area contributed by atoms with Crippen LogP contribution in [0.4, 0.5) is 11.4 Å². The van der Waals surface area contributed by atoms with Gasteiger partial charge in [0, 0.05) is 10.2 Å². The highest BCUT2D eigenvalue weighted by Gasteiger charge is 2.28. The number of hydrogen-bond acceptors (Lipinski definition) is 3. The van der Waals surface area contributed by atoms with Crippen molar-refractivity contribution in [3.05, 3.63) is 88.4 Å². The van der Waals surface area contributed by atoms with E-state index < -0.39 is 15.9 Å². The fraction of sp³-hybridized carbons (Fsp3) is 0.174. The van der Waals surface area contributed by atoms with Crippen LogP contribution >= 0.6 is 15.9 Å². The predicted molar refractivity (Wildman–Crippen MR) is 124 cm³/mol. The molecule has 0 bridgehead atoms. The standard InChI is InChI=1S/C23H23BrN2O3S/c1-3-18-6-4-5-7-22(18)26(30(28,29)21-14-8-17(2)9-15-21)16-23(27)25-20-12-10-19(24)11-13-20/h4-15H,3,16H2,1-2H3,(H,25,27). The summed E-state index contributed by atoms with van der Waals surface area (Å²) in [5, 5.41) is 2.77. The fourth-order valence-corrected chi connectivity index (χ4v) is 4.78. The number of sulfonamides is 1.